The van der Waals surface area contributed by atoms with Gasteiger partial charge in [-0.05, 0) is 221 Å². The third-order valence-corrected chi connectivity index (χ3v) is 22.4. The van der Waals surface area contributed by atoms with Crippen molar-refractivity contribution < 1.29 is 52.8 Å². The van der Waals surface area contributed by atoms with Crippen molar-refractivity contribution in [3.63, 3.8) is 0 Å². The molecule has 0 fully saturated rings. The molecule has 8 bridgehead atoms. The minimum absolute atomic E-state index is 0.156. The monoisotopic (exact) mass is 1270 g/mol. The molecule has 0 aliphatic carbocycles. The van der Waals surface area contributed by atoms with Crippen molar-refractivity contribution in [2.45, 2.75) is 130 Å². The summed E-state index contributed by atoms with van der Waals surface area (Å²) in [4.78, 5) is 67.4. The van der Waals surface area contributed by atoms with E-state index >= 15 is 0 Å². The first-order valence-electron chi connectivity index (χ1n) is 27.6. The largest absolute Gasteiger partial charge is 0.354 e. The molecule has 2 aliphatic heterocycles. The lowest BCUT2D eigenvalue weighted by Gasteiger charge is -2.19. The van der Waals surface area contributed by atoms with Gasteiger partial charge in [-0.15, -0.1) is 0 Å². The number of nitrogens with one attached hydrogen (secondary N) is 6. The number of fused-ring (bicyclic) bond motifs is 8. The highest BCUT2D eigenvalue weighted by Gasteiger charge is 2.33. The molecule has 0 spiro atoms. The number of benzene rings is 4. The second kappa shape index (κ2) is 22.7. The molecule has 24 heteroatoms. The summed E-state index contributed by atoms with van der Waals surface area (Å²) in [5, 5.41) is 0. The summed E-state index contributed by atoms with van der Waals surface area (Å²) >= 11 is 0. The lowest BCUT2D eigenvalue weighted by Crippen LogP contribution is -2.29. The fourth-order valence-corrected chi connectivity index (χ4v) is 19.0. The molecule has 458 valence electrons. The van der Waals surface area contributed by atoms with Crippen LogP contribution < -0.4 is 18.9 Å². The number of carbonyl (C=O) groups is 4. The first-order chi connectivity index (χ1) is 40.9. The number of hydrogen-bond donors (Lipinski definition) is 6. The van der Waals surface area contributed by atoms with Crippen molar-refractivity contribution in [2.75, 3.05) is 0 Å². The van der Waals surface area contributed by atoms with Gasteiger partial charge in [-0.25, -0.2) is 62.5 Å². The minimum Gasteiger partial charge on any atom is -0.354 e. The Kier molecular flexibility index (Phi) is 16.4. The van der Waals surface area contributed by atoms with E-state index in [-0.39, 0.29) is 41.8 Å². The van der Waals surface area contributed by atoms with Gasteiger partial charge < -0.3 is 9.97 Å². The maximum atomic E-state index is 14.2. The van der Waals surface area contributed by atoms with Gasteiger partial charge in [0.25, 0.3) is 40.1 Å². The molecule has 4 amide bonds. The third kappa shape index (κ3) is 11.3. The highest BCUT2D eigenvalue weighted by molar-refractivity contribution is 7.91. The Bertz CT molecular complexity index is 4450. The van der Waals surface area contributed by atoms with Crippen LogP contribution in [0.25, 0.3) is 90.9 Å². The zero-order chi connectivity index (χ0) is 64.9. The number of aryl methyl sites for hydroxylation is 8. The second-order valence-corrected chi connectivity index (χ2v) is 29.0. The summed E-state index contributed by atoms with van der Waals surface area (Å²) in [6.07, 6.45) is 6.94. The van der Waals surface area contributed by atoms with Crippen LogP contribution >= 0.6 is 0 Å². The predicted octanol–water partition coefficient (Wildman–Crippen LogP) is 10.3. The van der Waals surface area contributed by atoms with Crippen LogP contribution in [0.1, 0.15) is 117 Å². The molecular formula is C64H66N8O12S4. The molecule has 0 unspecified atom stereocenters. The summed E-state index contributed by atoms with van der Waals surface area (Å²) < 4.78 is 122. The van der Waals surface area contributed by atoms with E-state index in [9.17, 15) is 52.8 Å². The Balaban J connectivity index is 1.60. The zero-order valence-electron chi connectivity index (χ0n) is 51.4. The number of aromatic nitrogens is 4. The first kappa shape index (κ1) is 63.7. The molecule has 4 aromatic carbocycles. The van der Waals surface area contributed by atoms with Crippen molar-refractivity contribution in [2.24, 2.45) is 0 Å². The van der Waals surface area contributed by atoms with Crippen molar-refractivity contribution in [3.05, 3.63) is 138 Å². The molecule has 3 aromatic heterocycles. The number of aromatic amines is 2. The van der Waals surface area contributed by atoms with Gasteiger partial charge in [-0.3, -0.25) is 19.2 Å². The van der Waals surface area contributed by atoms with Crippen LogP contribution in [0, 0.1) is 83.1 Å². The van der Waals surface area contributed by atoms with Crippen LogP contribution in [-0.2, 0) is 59.3 Å². The molecule has 88 heavy (non-hydrogen) atoms. The molecule has 0 saturated carbocycles. The lowest BCUT2D eigenvalue weighted by molar-refractivity contribution is -0.118. The van der Waals surface area contributed by atoms with Crippen molar-refractivity contribution in [3.8, 4) is 44.5 Å². The molecule has 0 atom stereocenters. The SMILES string of the molecule is CC(=O)NS(=O)(=O)c1c(C)cc(C)c(-c2c3nc(c(-c4c(C)cc(C)c(S(=O)(=O)NC(C)=O)c4C)c4ccc([nH]4)c(-c4c(C)cc(C)c(S(=O)(=O)NC(C)=O)c4C)c4nc(c(-c5c(C)cc(C)c(S(=O)(=O)NC(C)=O)c5C)c5ccc2[nH]5)C=C4)C=C3)c1C. The Labute approximate surface area is 511 Å². The maximum absolute atomic E-state index is 14.2. The van der Waals surface area contributed by atoms with Gasteiger partial charge in [0.2, 0.25) is 23.6 Å². The summed E-state index contributed by atoms with van der Waals surface area (Å²) in [6.45, 7) is 24.6. The number of carbonyl (C=O) groups excluding carboxylic acids is 4. The zero-order valence-corrected chi connectivity index (χ0v) is 54.6. The molecular weight excluding hydrogens is 1200 g/mol. The van der Waals surface area contributed by atoms with E-state index in [1.165, 1.54) is 0 Å². The molecule has 9 rings (SSSR count). The fraction of sp³-hybridized carbons (Fsp3) is 0.250. The Morgan fingerprint density at radius 1 is 0.307 bits per heavy atom. The standard InChI is InChI=1S/C64H66N8O12S4/c1-29-25-33(5)61(85(77,78)69-41(13)73)37(9)53(29)57-45-17-19-47(65-45)58(54-30(2)26-34(6)62(38(54)10)86(79,80)70-42(14)74)49-21-23-51(67-49)60(56-32(4)28-36(8)64(40(56)12)88(83,84)72-44(16)76)52-24-22-50(68-52)59(48-20-18-46(57)66-48)55-31(3)27-35(7)63(39(55)11)87(81,82)71-43(15)75/h17-28,65,68H,1-16H3,(H,69,73)(H,70,74)(H,71,75)(H,72,76). The van der Waals surface area contributed by atoms with E-state index in [1.807, 2.05) is 27.7 Å². The number of nitrogens with zero attached hydrogens (tertiary/aromatic N) is 2. The van der Waals surface area contributed by atoms with Gasteiger partial charge in [-0.1, -0.05) is 24.3 Å². The highest BCUT2D eigenvalue weighted by Crippen LogP contribution is 2.46. The topological polar surface area (TPSA) is 310 Å². The number of amides is 4. The number of hydrogen-bond acceptors (Lipinski definition) is 14. The van der Waals surface area contributed by atoms with Gasteiger partial charge in [0.05, 0.1) is 42.4 Å². The quantitative estimate of drug-likeness (QED) is 0.0663. The van der Waals surface area contributed by atoms with Crippen molar-refractivity contribution >= 4 is 110 Å². The first-order valence-corrected chi connectivity index (χ1v) is 33.6. The van der Waals surface area contributed by atoms with Crippen LogP contribution in [-0.4, -0.2) is 77.2 Å². The number of rotatable bonds is 12. The second-order valence-electron chi connectivity index (χ2n) is 22.5. The summed E-state index contributed by atoms with van der Waals surface area (Å²) in [7, 11) is -18.0. The normalized spacial score (nSPS) is 12.5. The minimum atomic E-state index is -4.49. The molecule has 2 aliphatic rings. The predicted molar refractivity (Wildman–Crippen MR) is 341 cm³/mol. The summed E-state index contributed by atoms with van der Waals surface area (Å²) in [5.41, 5.74) is 10.7. The average molecular weight is 1270 g/mol. The van der Waals surface area contributed by atoms with E-state index in [4.69, 9.17) is 9.97 Å². The van der Waals surface area contributed by atoms with Crippen molar-refractivity contribution in [1.29, 1.82) is 0 Å². The highest BCUT2D eigenvalue weighted by atomic mass is 32.2. The van der Waals surface area contributed by atoms with Crippen LogP contribution in [0.3, 0.4) is 0 Å². The lowest BCUT2D eigenvalue weighted by atomic mass is 9.92. The summed E-state index contributed by atoms with van der Waals surface area (Å²) in [5.74, 6) is -3.24. The third-order valence-electron chi connectivity index (χ3n) is 15.5. The molecule has 7 aromatic rings. The van der Waals surface area contributed by atoms with Crippen LogP contribution in [0.4, 0.5) is 0 Å². The number of H-pyrrole nitrogens is 2. The van der Waals surface area contributed by atoms with Crippen LogP contribution in [0.5, 0.6) is 0 Å². The maximum Gasteiger partial charge on any atom is 0.264 e. The van der Waals surface area contributed by atoms with Gasteiger partial charge in [0.15, 0.2) is 0 Å². The molecule has 20 nitrogen and oxygen atoms in total. The molecule has 5 heterocycles. The molecule has 0 saturated heterocycles. The van der Waals surface area contributed by atoms with Gasteiger partial charge in [0, 0.05) is 72.0 Å². The van der Waals surface area contributed by atoms with E-state index in [0.29, 0.717) is 134 Å². The van der Waals surface area contributed by atoms with E-state index in [0.717, 1.165) is 27.7 Å². The Morgan fingerprint density at radius 2 is 0.489 bits per heavy atom. The van der Waals surface area contributed by atoms with Crippen LogP contribution in [0.15, 0.2) is 68.1 Å². The van der Waals surface area contributed by atoms with Gasteiger partial charge in [-0.2, -0.15) is 0 Å². The fourth-order valence-electron chi connectivity index (χ4n) is 13.1. The van der Waals surface area contributed by atoms with Gasteiger partial charge in [0.1, 0.15) is 0 Å². The summed E-state index contributed by atoms with van der Waals surface area (Å²) in [6, 6.07) is 13.8. The van der Waals surface area contributed by atoms with Gasteiger partial charge >= 0.3 is 0 Å². The van der Waals surface area contributed by atoms with Crippen LogP contribution in [0.2, 0.25) is 0 Å². The average Bonchev–Trinajstić information content (AvgIpc) is 1.85. The smallest absolute Gasteiger partial charge is 0.264 e. The van der Waals surface area contributed by atoms with E-state index in [2.05, 4.69) is 28.9 Å². The number of sulfonamides is 4. The Morgan fingerprint density at radius 3 is 0.659 bits per heavy atom. The van der Waals surface area contributed by atoms with E-state index < -0.39 is 63.7 Å². The molecule has 0 radical (unpaired) electrons. The Hall–Kier alpha value is -8.84. The van der Waals surface area contributed by atoms with Crippen molar-refractivity contribution in [1.82, 2.24) is 38.8 Å². The van der Waals surface area contributed by atoms with E-state index in [1.54, 1.807) is 128 Å². The molecule has 6 N–H and O–H groups in total.